The Bertz CT molecular complexity index is 696. The minimum Gasteiger partial charge on any atom is -0.345 e. The monoisotopic (exact) mass is 350 g/mol. The van der Waals surface area contributed by atoms with Crippen LogP contribution in [0.2, 0.25) is 0 Å². The molecule has 0 aromatic heterocycles. The number of carbonyl (C=O) groups is 1. The Morgan fingerprint density at radius 3 is 2.54 bits per heavy atom. The first-order valence-corrected chi connectivity index (χ1v) is 9.82. The minimum atomic E-state index is -0.00107. The SMILES string of the molecule is CC[C@H](NC(=O)c1ccc(CN2CCC[C@@H](C)C2)cc1)c1ccccc1. The van der Waals surface area contributed by atoms with E-state index in [1.54, 1.807) is 0 Å². The van der Waals surface area contributed by atoms with E-state index in [0.717, 1.165) is 30.0 Å². The molecule has 2 atom stereocenters. The van der Waals surface area contributed by atoms with Crippen LogP contribution in [-0.4, -0.2) is 23.9 Å². The van der Waals surface area contributed by atoms with Crippen molar-refractivity contribution in [2.75, 3.05) is 13.1 Å². The zero-order chi connectivity index (χ0) is 18.4. The number of nitrogens with zero attached hydrogens (tertiary/aromatic N) is 1. The summed E-state index contributed by atoms with van der Waals surface area (Å²) in [5.74, 6) is 0.789. The number of hydrogen-bond acceptors (Lipinski definition) is 2. The van der Waals surface area contributed by atoms with E-state index in [1.165, 1.54) is 31.5 Å². The summed E-state index contributed by atoms with van der Waals surface area (Å²) >= 11 is 0. The molecule has 0 spiro atoms. The summed E-state index contributed by atoms with van der Waals surface area (Å²) < 4.78 is 0. The van der Waals surface area contributed by atoms with Gasteiger partial charge in [0, 0.05) is 18.7 Å². The summed E-state index contributed by atoms with van der Waals surface area (Å²) in [5, 5.41) is 3.16. The lowest BCUT2D eigenvalue weighted by atomic mass is 9.99. The molecule has 1 aliphatic heterocycles. The predicted octanol–water partition coefficient (Wildman–Crippen LogP) is 4.80. The first-order valence-electron chi connectivity index (χ1n) is 9.82. The molecule has 0 aliphatic carbocycles. The number of piperidine rings is 1. The van der Waals surface area contributed by atoms with Gasteiger partial charge in [-0.25, -0.2) is 0 Å². The summed E-state index contributed by atoms with van der Waals surface area (Å²) in [4.78, 5) is 15.1. The summed E-state index contributed by atoms with van der Waals surface area (Å²) in [6.07, 6.45) is 3.51. The van der Waals surface area contributed by atoms with Crippen LogP contribution in [0.25, 0.3) is 0 Å². The van der Waals surface area contributed by atoms with Crippen molar-refractivity contribution in [2.45, 2.75) is 45.7 Å². The lowest BCUT2D eigenvalue weighted by Gasteiger charge is -2.30. The summed E-state index contributed by atoms with van der Waals surface area (Å²) in [7, 11) is 0. The van der Waals surface area contributed by atoms with Gasteiger partial charge >= 0.3 is 0 Å². The van der Waals surface area contributed by atoms with Crippen LogP contribution in [0.5, 0.6) is 0 Å². The standard InChI is InChI=1S/C23H30N2O/c1-3-22(20-9-5-4-6-10-20)24-23(26)21-13-11-19(12-14-21)17-25-15-7-8-18(2)16-25/h4-6,9-14,18,22H,3,7-8,15-17H2,1-2H3,(H,24,26)/t18-,22+/m1/s1. The lowest BCUT2D eigenvalue weighted by Crippen LogP contribution is -2.33. The van der Waals surface area contributed by atoms with Crippen LogP contribution in [0.15, 0.2) is 54.6 Å². The smallest absolute Gasteiger partial charge is 0.251 e. The Morgan fingerprint density at radius 1 is 1.15 bits per heavy atom. The Balaban J connectivity index is 1.59. The van der Waals surface area contributed by atoms with E-state index < -0.39 is 0 Å². The second kappa shape index (κ2) is 9.00. The molecule has 1 aliphatic rings. The van der Waals surface area contributed by atoms with Gasteiger partial charge in [-0.2, -0.15) is 0 Å². The normalized spacial score (nSPS) is 19.1. The van der Waals surface area contributed by atoms with Gasteiger partial charge in [-0.15, -0.1) is 0 Å². The molecule has 3 nitrogen and oxygen atoms in total. The molecule has 1 amide bonds. The van der Waals surface area contributed by atoms with E-state index >= 15 is 0 Å². The quantitative estimate of drug-likeness (QED) is 0.811. The predicted molar refractivity (Wildman–Crippen MR) is 107 cm³/mol. The van der Waals surface area contributed by atoms with Crippen LogP contribution in [0, 0.1) is 5.92 Å². The molecular formula is C23H30N2O. The van der Waals surface area contributed by atoms with Crippen molar-refractivity contribution in [1.82, 2.24) is 10.2 Å². The highest BCUT2D eigenvalue weighted by molar-refractivity contribution is 5.94. The van der Waals surface area contributed by atoms with E-state index in [9.17, 15) is 4.79 Å². The third-order valence-electron chi connectivity index (χ3n) is 5.28. The van der Waals surface area contributed by atoms with E-state index in [-0.39, 0.29) is 11.9 Å². The molecule has 1 fully saturated rings. The highest BCUT2D eigenvalue weighted by atomic mass is 16.1. The second-order valence-corrected chi connectivity index (χ2v) is 7.52. The maximum Gasteiger partial charge on any atom is 0.251 e. The third-order valence-corrected chi connectivity index (χ3v) is 5.28. The number of nitrogens with one attached hydrogen (secondary N) is 1. The van der Waals surface area contributed by atoms with Crippen LogP contribution in [0.3, 0.4) is 0 Å². The Morgan fingerprint density at radius 2 is 1.88 bits per heavy atom. The topological polar surface area (TPSA) is 32.3 Å². The Kier molecular flexibility index (Phi) is 6.45. The first kappa shape index (κ1) is 18.7. The van der Waals surface area contributed by atoms with Crippen molar-refractivity contribution in [3.63, 3.8) is 0 Å². The van der Waals surface area contributed by atoms with E-state index in [0.29, 0.717) is 0 Å². The van der Waals surface area contributed by atoms with Gasteiger partial charge in [-0.3, -0.25) is 9.69 Å². The van der Waals surface area contributed by atoms with Gasteiger partial charge in [-0.05, 0) is 55.0 Å². The zero-order valence-corrected chi connectivity index (χ0v) is 15.9. The van der Waals surface area contributed by atoms with Gasteiger partial charge in [0.05, 0.1) is 6.04 Å². The Hall–Kier alpha value is -2.13. The second-order valence-electron chi connectivity index (χ2n) is 7.52. The van der Waals surface area contributed by atoms with Gasteiger partial charge in [0.25, 0.3) is 5.91 Å². The fraction of sp³-hybridized carbons (Fsp3) is 0.435. The van der Waals surface area contributed by atoms with Crippen LogP contribution < -0.4 is 5.32 Å². The maximum absolute atomic E-state index is 12.6. The van der Waals surface area contributed by atoms with E-state index in [1.807, 2.05) is 30.3 Å². The number of amides is 1. The van der Waals surface area contributed by atoms with Crippen molar-refractivity contribution in [3.05, 3.63) is 71.3 Å². The molecule has 2 aromatic carbocycles. The Labute approximate surface area is 157 Å². The zero-order valence-electron chi connectivity index (χ0n) is 15.9. The molecule has 3 rings (SSSR count). The number of carbonyl (C=O) groups excluding carboxylic acids is 1. The molecule has 1 heterocycles. The lowest BCUT2D eigenvalue weighted by molar-refractivity contribution is 0.0935. The summed E-state index contributed by atoms with van der Waals surface area (Å²) in [5.41, 5.74) is 3.17. The fourth-order valence-corrected chi connectivity index (χ4v) is 3.80. The van der Waals surface area contributed by atoms with Gasteiger partial charge in [-0.1, -0.05) is 56.3 Å². The van der Waals surface area contributed by atoms with Crippen molar-refractivity contribution >= 4 is 5.91 Å². The average molecular weight is 351 g/mol. The maximum atomic E-state index is 12.6. The van der Waals surface area contributed by atoms with E-state index in [2.05, 4.69) is 48.3 Å². The number of rotatable bonds is 6. The molecule has 0 radical (unpaired) electrons. The number of hydrogen-bond donors (Lipinski definition) is 1. The highest BCUT2D eigenvalue weighted by Gasteiger charge is 2.17. The molecule has 0 unspecified atom stereocenters. The van der Waals surface area contributed by atoms with Crippen LogP contribution in [-0.2, 0) is 6.54 Å². The highest BCUT2D eigenvalue weighted by Crippen LogP contribution is 2.19. The first-order chi connectivity index (χ1) is 12.7. The van der Waals surface area contributed by atoms with E-state index in [4.69, 9.17) is 0 Å². The van der Waals surface area contributed by atoms with Crippen molar-refractivity contribution < 1.29 is 4.79 Å². The summed E-state index contributed by atoms with van der Waals surface area (Å²) in [6.45, 7) is 7.77. The van der Waals surface area contributed by atoms with Crippen LogP contribution in [0.1, 0.15) is 60.6 Å². The largest absolute Gasteiger partial charge is 0.345 e. The van der Waals surface area contributed by atoms with Crippen molar-refractivity contribution in [2.24, 2.45) is 5.92 Å². The van der Waals surface area contributed by atoms with Crippen molar-refractivity contribution in [1.29, 1.82) is 0 Å². The molecule has 138 valence electrons. The minimum absolute atomic E-state index is 0.00107. The van der Waals surface area contributed by atoms with Gasteiger partial charge in [0.15, 0.2) is 0 Å². The third kappa shape index (κ3) is 4.95. The van der Waals surface area contributed by atoms with Crippen LogP contribution >= 0.6 is 0 Å². The molecule has 2 aromatic rings. The number of benzene rings is 2. The van der Waals surface area contributed by atoms with Gasteiger partial charge in [0.1, 0.15) is 0 Å². The molecule has 3 heteroatoms. The molecule has 1 N–H and O–H groups in total. The van der Waals surface area contributed by atoms with Gasteiger partial charge < -0.3 is 5.32 Å². The molecule has 0 saturated carbocycles. The van der Waals surface area contributed by atoms with Gasteiger partial charge in [0.2, 0.25) is 0 Å². The fourth-order valence-electron chi connectivity index (χ4n) is 3.80. The molecular weight excluding hydrogens is 320 g/mol. The molecule has 0 bridgehead atoms. The molecule has 26 heavy (non-hydrogen) atoms. The van der Waals surface area contributed by atoms with Crippen molar-refractivity contribution in [3.8, 4) is 0 Å². The number of likely N-dealkylation sites (tertiary alicyclic amines) is 1. The summed E-state index contributed by atoms with van der Waals surface area (Å²) in [6, 6.07) is 18.3. The van der Waals surface area contributed by atoms with Crippen LogP contribution in [0.4, 0.5) is 0 Å². The molecule has 1 saturated heterocycles. The average Bonchev–Trinajstić information content (AvgIpc) is 2.67.